The molecule has 1 aliphatic heterocycles. The van der Waals surface area contributed by atoms with E-state index < -0.39 is 0 Å². The molecule has 1 saturated heterocycles. The number of hydrogen-bond donors (Lipinski definition) is 2. The third-order valence-corrected chi connectivity index (χ3v) is 4.88. The zero-order valence-corrected chi connectivity index (χ0v) is 14.7. The van der Waals surface area contributed by atoms with Crippen LogP contribution in [0, 0.1) is 5.92 Å². The first-order chi connectivity index (χ1) is 10.9. The Hall–Kier alpha value is -1.08. The minimum atomic E-state index is 0. The minimum absolute atomic E-state index is 0. The van der Waals surface area contributed by atoms with E-state index in [0.717, 1.165) is 36.2 Å². The molecule has 1 aromatic heterocycles. The molecule has 1 aliphatic rings. The first-order valence-corrected chi connectivity index (χ1v) is 8.81. The van der Waals surface area contributed by atoms with Crippen molar-refractivity contribution in [2.45, 2.75) is 24.4 Å². The molecule has 0 radical (unpaired) electrons. The predicted octanol–water partition coefficient (Wildman–Crippen LogP) is 2.32. The summed E-state index contributed by atoms with van der Waals surface area (Å²) in [6.07, 6.45) is 3.35. The van der Waals surface area contributed by atoms with Gasteiger partial charge in [-0.25, -0.2) is 0 Å². The van der Waals surface area contributed by atoms with Gasteiger partial charge in [0, 0.05) is 17.9 Å². The van der Waals surface area contributed by atoms with Crippen LogP contribution < -0.4 is 5.32 Å². The number of benzene rings is 1. The second-order valence-corrected chi connectivity index (χ2v) is 6.60. The molecular weight excluding hydrogens is 332 g/mol. The topological polar surface area (TPSA) is 63.0 Å². The van der Waals surface area contributed by atoms with E-state index in [1.54, 1.807) is 11.8 Å². The number of thioether (sulfide) groups is 1. The first kappa shape index (κ1) is 18.3. The maximum absolute atomic E-state index is 9.07. The summed E-state index contributed by atoms with van der Waals surface area (Å²) < 4.78 is 2.14. The van der Waals surface area contributed by atoms with E-state index in [2.05, 4.69) is 32.2 Å². The van der Waals surface area contributed by atoms with Crippen LogP contribution in [0.25, 0.3) is 5.69 Å². The van der Waals surface area contributed by atoms with Gasteiger partial charge in [-0.15, -0.1) is 22.6 Å². The lowest BCUT2D eigenvalue weighted by molar-refractivity contribution is 0.322. The molecule has 1 aromatic carbocycles. The van der Waals surface area contributed by atoms with E-state index in [-0.39, 0.29) is 19.0 Å². The highest BCUT2D eigenvalue weighted by molar-refractivity contribution is 7.99. The molecule has 23 heavy (non-hydrogen) atoms. The highest BCUT2D eigenvalue weighted by Crippen LogP contribution is 2.25. The Morgan fingerprint density at radius 3 is 2.61 bits per heavy atom. The number of nitrogens with one attached hydrogen (secondary N) is 1. The van der Waals surface area contributed by atoms with Crippen LogP contribution in [0.1, 0.15) is 18.7 Å². The van der Waals surface area contributed by atoms with Crippen LogP contribution in [0.3, 0.4) is 0 Å². The van der Waals surface area contributed by atoms with Gasteiger partial charge in [0.1, 0.15) is 5.82 Å². The van der Waals surface area contributed by atoms with Crippen molar-refractivity contribution in [1.82, 2.24) is 20.1 Å². The van der Waals surface area contributed by atoms with Gasteiger partial charge in [0.25, 0.3) is 0 Å². The molecule has 126 valence electrons. The normalized spacial score (nSPS) is 15.3. The van der Waals surface area contributed by atoms with Crippen LogP contribution in [0.15, 0.2) is 35.5 Å². The summed E-state index contributed by atoms with van der Waals surface area (Å²) in [5.41, 5.74) is 1.09. The first-order valence-electron chi connectivity index (χ1n) is 7.82. The maximum Gasteiger partial charge on any atom is 0.195 e. The Balaban J connectivity index is 0.00000192. The van der Waals surface area contributed by atoms with Crippen LogP contribution in [0.4, 0.5) is 0 Å². The van der Waals surface area contributed by atoms with Crippen LogP contribution in [-0.2, 0) is 6.42 Å². The van der Waals surface area contributed by atoms with Crippen LogP contribution in [-0.4, -0.2) is 45.3 Å². The smallest absolute Gasteiger partial charge is 0.195 e. The molecule has 0 spiro atoms. The van der Waals surface area contributed by atoms with Crippen molar-refractivity contribution < 1.29 is 5.11 Å². The van der Waals surface area contributed by atoms with Crippen molar-refractivity contribution in [3.05, 3.63) is 36.2 Å². The van der Waals surface area contributed by atoms with Crippen molar-refractivity contribution in [1.29, 1.82) is 0 Å². The van der Waals surface area contributed by atoms with E-state index >= 15 is 0 Å². The van der Waals surface area contributed by atoms with Gasteiger partial charge in [0.2, 0.25) is 0 Å². The number of piperidine rings is 1. The number of aliphatic hydroxyl groups is 1. The Kier molecular flexibility index (Phi) is 7.36. The van der Waals surface area contributed by atoms with Crippen LogP contribution in [0.2, 0.25) is 0 Å². The average Bonchev–Trinajstić information content (AvgIpc) is 2.97. The maximum atomic E-state index is 9.07. The summed E-state index contributed by atoms with van der Waals surface area (Å²) in [7, 11) is 0. The largest absolute Gasteiger partial charge is 0.396 e. The number of para-hydroxylation sites is 1. The second-order valence-electron chi connectivity index (χ2n) is 5.54. The Labute approximate surface area is 147 Å². The van der Waals surface area contributed by atoms with Gasteiger partial charge in [-0.05, 0) is 44.0 Å². The van der Waals surface area contributed by atoms with Gasteiger partial charge in [-0.2, -0.15) is 0 Å². The minimum Gasteiger partial charge on any atom is -0.396 e. The van der Waals surface area contributed by atoms with E-state index in [9.17, 15) is 0 Å². The Morgan fingerprint density at radius 1 is 1.17 bits per heavy atom. The summed E-state index contributed by atoms with van der Waals surface area (Å²) in [5.74, 6) is 2.33. The Morgan fingerprint density at radius 2 is 1.91 bits per heavy atom. The standard InChI is InChI=1S/C16H22N4OS.ClH/c21-10-11-22-16-19-18-15(12-13-6-8-17-9-7-13)20(16)14-4-2-1-3-5-14;/h1-5,13,17,21H,6-12H2;1H. The monoisotopic (exact) mass is 354 g/mol. The molecule has 1 fully saturated rings. The molecule has 2 heterocycles. The number of nitrogens with zero attached hydrogens (tertiary/aromatic N) is 3. The third kappa shape index (κ3) is 4.70. The summed E-state index contributed by atoms with van der Waals surface area (Å²) in [6, 6.07) is 10.2. The van der Waals surface area contributed by atoms with Gasteiger partial charge in [-0.1, -0.05) is 30.0 Å². The molecule has 2 aromatic rings. The molecule has 0 aliphatic carbocycles. The molecule has 0 amide bonds. The molecular formula is C16H23ClN4OS. The third-order valence-electron chi connectivity index (χ3n) is 3.97. The van der Waals surface area contributed by atoms with Gasteiger partial charge >= 0.3 is 0 Å². The number of rotatable bonds is 6. The zero-order valence-electron chi connectivity index (χ0n) is 13.0. The van der Waals surface area contributed by atoms with E-state index in [1.807, 2.05) is 18.2 Å². The lowest BCUT2D eigenvalue weighted by Gasteiger charge is -2.22. The fourth-order valence-corrected chi connectivity index (χ4v) is 3.56. The quantitative estimate of drug-likeness (QED) is 0.779. The van der Waals surface area contributed by atoms with Crippen LogP contribution in [0.5, 0.6) is 0 Å². The summed E-state index contributed by atoms with van der Waals surface area (Å²) in [4.78, 5) is 0. The molecule has 0 unspecified atom stereocenters. The van der Waals surface area contributed by atoms with Gasteiger partial charge in [0.15, 0.2) is 5.16 Å². The summed E-state index contributed by atoms with van der Waals surface area (Å²) in [5, 5.41) is 22.1. The number of hydrogen-bond acceptors (Lipinski definition) is 5. The summed E-state index contributed by atoms with van der Waals surface area (Å²) in [6.45, 7) is 2.34. The molecule has 0 atom stereocenters. The molecule has 0 bridgehead atoms. The van der Waals surface area contributed by atoms with Crippen molar-refractivity contribution in [3.8, 4) is 5.69 Å². The number of halogens is 1. The predicted molar refractivity (Wildman–Crippen MR) is 95.7 cm³/mol. The SMILES string of the molecule is Cl.OCCSc1nnc(CC2CCNCC2)n1-c1ccccc1. The molecule has 2 N–H and O–H groups in total. The van der Waals surface area contributed by atoms with E-state index in [4.69, 9.17) is 5.11 Å². The second kappa shape index (κ2) is 9.27. The number of aromatic nitrogens is 3. The fraction of sp³-hybridized carbons (Fsp3) is 0.500. The van der Waals surface area contributed by atoms with Gasteiger partial charge < -0.3 is 10.4 Å². The van der Waals surface area contributed by atoms with Crippen LogP contribution >= 0.6 is 24.2 Å². The van der Waals surface area contributed by atoms with Gasteiger partial charge in [0.05, 0.1) is 6.61 Å². The van der Waals surface area contributed by atoms with Crippen molar-refractivity contribution in [3.63, 3.8) is 0 Å². The van der Waals surface area contributed by atoms with E-state index in [1.165, 1.54) is 12.8 Å². The van der Waals surface area contributed by atoms with E-state index in [0.29, 0.717) is 11.7 Å². The average molecular weight is 355 g/mol. The highest BCUT2D eigenvalue weighted by Gasteiger charge is 2.20. The fourth-order valence-electron chi connectivity index (χ4n) is 2.84. The van der Waals surface area contributed by atoms with Crippen molar-refractivity contribution in [2.75, 3.05) is 25.4 Å². The van der Waals surface area contributed by atoms with Crippen molar-refractivity contribution >= 4 is 24.2 Å². The zero-order chi connectivity index (χ0) is 15.2. The lowest BCUT2D eigenvalue weighted by Crippen LogP contribution is -2.29. The van der Waals surface area contributed by atoms with Gasteiger partial charge in [-0.3, -0.25) is 4.57 Å². The molecule has 7 heteroatoms. The number of aliphatic hydroxyl groups excluding tert-OH is 1. The molecule has 5 nitrogen and oxygen atoms in total. The summed E-state index contributed by atoms with van der Waals surface area (Å²) >= 11 is 1.55. The Bertz CT molecular complexity index is 587. The van der Waals surface area contributed by atoms with Crippen molar-refractivity contribution in [2.24, 2.45) is 5.92 Å². The molecule has 0 saturated carbocycles. The molecule has 3 rings (SSSR count). The highest BCUT2D eigenvalue weighted by atomic mass is 35.5. The lowest BCUT2D eigenvalue weighted by atomic mass is 9.94.